The number of fused-ring (bicyclic) bond motifs is 2. The van der Waals surface area contributed by atoms with Gasteiger partial charge in [0.1, 0.15) is 24.0 Å². The van der Waals surface area contributed by atoms with Crippen LogP contribution < -0.4 is 20.5 Å². The highest BCUT2D eigenvalue weighted by molar-refractivity contribution is 6.32. The molecule has 0 bridgehead atoms. The summed E-state index contributed by atoms with van der Waals surface area (Å²) in [5, 5.41) is 4.47. The number of benzene rings is 1. The number of nitrogens with one attached hydrogen (secondary N) is 2. The molecule has 8 nitrogen and oxygen atoms in total. The predicted molar refractivity (Wildman–Crippen MR) is 111 cm³/mol. The zero-order valence-corrected chi connectivity index (χ0v) is 16.8. The third kappa shape index (κ3) is 3.47. The molecular formula is C20H19ClN4O4. The zero-order valence-electron chi connectivity index (χ0n) is 16.1. The van der Waals surface area contributed by atoms with Gasteiger partial charge in [0, 0.05) is 29.6 Å². The van der Waals surface area contributed by atoms with E-state index >= 15 is 0 Å². The zero-order chi connectivity index (χ0) is 20.7. The number of hydrogen-bond donors (Lipinski definition) is 2. The van der Waals surface area contributed by atoms with E-state index in [0.29, 0.717) is 33.5 Å². The van der Waals surface area contributed by atoms with Gasteiger partial charge in [0.2, 0.25) is 0 Å². The minimum Gasteiger partial charge on any atom is -0.495 e. The van der Waals surface area contributed by atoms with Crippen LogP contribution in [0.3, 0.4) is 0 Å². The monoisotopic (exact) mass is 414 g/mol. The van der Waals surface area contributed by atoms with E-state index in [1.165, 1.54) is 12.0 Å². The SMILES string of the molecule is COc1cc2[nH]c(=O)c([C@H](C)Nc3ccc4c(n3)N(C)C(=O)OC4)cc2cc1Cl. The number of methoxy groups -OCH3 is 1. The van der Waals surface area contributed by atoms with E-state index in [-0.39, 0.29) is 18.2 Å². The fraction of sp³-hybridized carbons (Fsp3) is 0.250. The molecule has 0 saturated carbocycles. The number of pyridine rings is 2. The molecule has 0 saturated heterocycles. The van der Waals surface area contributed by atoms with Gasteiger partial charge in [-0.15, -0.1) is 0 Å². The molecule has 0 aliphatic carbocycles. The Hall–Kier alpha value is -3.26. The summed E-state index contributed by atoms with van der Waals surface area (Å²) in [6, 6.07) is 8.53. The molecule has 0 unspecified atom stereocenters. The molecule has 1 aromatic carbocycles. The quantitative estimate of drug-likeness (QED) is 0.673. The number of rotatable bonds is 4. The van der Waals surface area contributed by atoms with E-state index in [0.717, 1.165) is 10.9 Å². The Balaban J connectivity index is 1.66. The van der Waals surface area contributed by atoms with Crippen LogP contribution in [0.4, 0.5) is 16.4 Å². The highest BCUT2D eigenvalue weighted by Crippen LogP contribution is 2.30. The lowest BCUT2D eigenvalue weighted by Gasteiger charge is -2.25. The molecular weight excluding hydrogens is 396 g/mol. The van der Waals surface area contributed by atoms with Crippen LogP contribution in [0.1, 0.15) is 24.1 Å². The van der Waals surface area contributed by atoms with Crippen molar-refractivity contribution in [3.63, 3.8) is 0 Å². The molecule has 1 amide bonds. The van der Waals surface area contributed by atoms with Crippen molar-refractivity contribution < 1.29 is 14.3 Å². The highest BCUT2D eigenvalue weighted by Gasteiger charge is 2.24. The molecule has 3 aromatic rings. The van der Waals surface area contributed by atoms with Crippen molar-refractivity contribution in [1.29, 1.82) is 0 Å². The number of aromatic amines is 1. The molecule has 3 heterocycles. The molecule has 4 rings (SSSR count). The summed E-state index contributed by atoms with van der Waals surface area (Å²) >= 11 is 6.21. The molecule has 1 aliphatic rings. The van der Waals surface area contributed by atoms with Crippen LogP contribution in [0.15, 0.2) is 35.1 Å². The van der Waals surface area contributed by atoms with E-state index < -0.39 is 6.09 Å². The Kier molecular flexibility index (Phi) is 4.79. The molecule has 9 heteroatoms. The number of carbonyl (C=O) groups is 1. The maximum atomic E-state index is 12.6. The maximum Gasteiger partial charge on any atom is 0.415 e. The normalized spacial score (nSPS) is 14.3. The summed E-state index contributed by atoms with van der Waals surface area (Å²) in [6.07, 6.45) is -0.450. The Morgan fingerprint density at radius 1 is 1.31 bits per heavy atom. The van der Waals surface area contributed by atoms with Crippen molar-refractivity contribution in [3.05, 3.63) is 56.8 Å². The second-order valence-electron chi connectivity index (χ2n) is 6.79. The lowest BCUT2D eigenvalue weighted by Crippen LogP contribution is -2.33. The molecule has 0 radical (unpaired) electrons. The first-order valence-electron chi connectivity index (χ1n) is 8.95. The summed E-state index contributed by atoms with van der Waals surface area (Å²) in [5.41, 5.74) is 1.77. The number of carbonyl (C=O) groups excluding carboxylic acids is 1. The van der Waals surface area contributed by atoms with E-state index in [4.69, 9.17) is 21.1 Å². The summed E-state index contributed by atoms with van der Waals surface area (Å²) < 4.78 is 10.3. The van der Waals surface area contributed by atoms with Gasteiger partial charge in [-0.05, 0) is 31.2 Å². The fourth-order valence-electron chi connectivity index (χ4n) is 3.29. The first-order valence-corrected chi connectivity index (χ1v) is 9.32. The second-order valence-corrected chi connectivity index (χ2v) is 7.19. The number of nitrogens with zero attached hydrogens (tertiary/aromatic N) is 2. The number of hydrogen-bond acceptors (Lipinski definition) is 6. The van der Waals surface area contributed by atoms with Crippen LogP contribution in [0.25, 0.3) is 10.9 Å². The second kappa shape index (κ2) is 7.29. The Labute approximate surface area is 171 Å². The summed E-state index contributed by atoms with van der Waals surface area (Å²) in [6.45, 7) is 2.05. The van der Waals surface area contributed by atoms with Crippen molar-refractivity contribution in [3.8, 4) is 5.75 Å². The summed E-state index contributed by atoms with van der Waals surface area (Å²) in [4.78, 5) is 33.1. The van der Waals surface area contributed by atoms with Crippen LogP contribution in [0.5, 0.6) is 5.75 Å². The van der Waals surface area contributed by atoms with Crippen molar-refractivity contribution >= 4 is 40.2 Å². The molecule has 1 aliphatic heterocycles. The Bertz CT molecular complexity index is 1180. The lowest BCUT2D eigenvalue weighted by molar-refractivity contribution is 0.143. The first-order chi connectivity index (χ1) is 13.9. The van der Waals surface area contributed by atoms with E-state index in [9.17, 15) is 9.59 Å². The van der Waals surface area contributed by atoms with Gasteiger partial charge in [-0.3, -0.25) is 9.69 Å². The van der Waals surface area contributed by atoms with Crippen LogP contribution in [0.2, 0.25) is 5.02 Å². The maximum absolute atomic E-state index is 12.6. The van der Waals surface area contributed by atoms with E-state index in [2.05, 4.69) is 15.3 Å². The molecule has 1 atom stereocenters. The lowest BCUT2D eigenvalue weighted by atomic mass is 10.1. The van der Waals surface area contributed by atoms with Gasteiger partial charge in [0.15, 0.2) is 0 Å². The number of aromatic nitrogens is 2. The summed E-state index contributed by atoms with van der Waals surface area (Å²) in [5.74, 6) is 1.57. The van der Waals surface area contributed by atoms with Gasteiger partial charge in [-0.25, -0.2) is 9.78 Å². The number of amides is 1. The molecule has 2 N–H and O–H groups in total. The van der Waals surface area contributed by atoms with E-state index in [1.807, 2.05) is 13.0 Å². The third-order valence-corrected chi connectivity index (χ3v) is 5.17. The smallest absolute Gasteiger partial charge is 0.415 e. The van der Waals surface area contributed by atoms with Crippen molar-refractivity contribution in [1.82, 2.24) is 9.97 Å². The Morgan fingerprint density at radius 3 is 2.86 bits per heavy atom. The molecule has 0 spiro atoms. The predicted octanol–water partition coefficient (Wildman–Crippen LogP) is 3.84. The number of ether oxygens (including phenoxy) is 2. The van der Waals surface area contributed by atoms with Gasteiger partial charge < -0.3 is 19.8 Å². The fourth-order valence-corrected chi connectivity index (χ4v) is 3.53. The third-order valence-electron chi connectivity index (χ3n) is 4.87. The topological polar surface area (TPSA) is 96.5 Å². The van der Waals surface area contributed by atoms with Gasteiger partial charge >= 0.3 is 6.09 Å². The van der Waals surface area contributed by atoms with Crippen LogP contribution in [-0.4, -0.2) is 30.2 Å². The Morgan fingerprint density at radius 2 is 2.10 bits per heavy atom. The van der Waals surface area contributed by atoms with Crippen molar-refractivity contribution in [2.24, 2.45) is 0 Å². The average Bonchev–Trinajstić information content (AvgIpc) is 2.70. The molecule has 2 aromatic heterocycles. The van der Waals surface area contributed by atoms with Crippen LogP contribution >= 0.6 is 11.6 Å². The van der Waals surface area contributed by atoms with E-state index in [1.54, 1.807) is 31.3 Å². The minimum absolute atomic E-state index is 0.190. The molecule has 29 heavy (non-hydrogen) atoms. The molecule has 0 fully saturated rings. The van der Waals surface area contributed by atoms with Gasteiger partial charge in [-0.2, -0.15) is 0 Å². The largest absolute Gasteiger partial charge is 0.495 e. The first kappa shape index (κ1) is 19.1. The van der Waals surface area contributed by atoms with Crippen molar-refractivity contribution in [2.75, 3.05) is 24.4 Å². The highest BCUT2D eigenvalue weighted by atomic mass is 35.5. The average molecular weight is 415 g/mol. The number of anilines is 2. The van der Waals surface area contributed by atoms with Crippen LogP contribution in [-0.2, 0) is 11.3 Å². The van der Waals surface area contributed by atoms with Gasteiger partial charge in [-0.1, -0.05) is 11.6 Å². The number of halogens is 1. The summed E-state index contributed by atoms with van der Waals surface area (Å²) in [7, 11) is 3.13. The number of cyclic esters (lactones) is 1. The molecule has 150 valence electrons. The van der Waals surface area contributed by atoms with Crippen molar-refractivity contribution in [2.45, 2.75) is 19.6 Å². The minimum atomic E-state index is -0.450. The standard InChI is InChI=1S/C20H19ClN4O4/c1-10(22-17-5-4-11-9-29-20(27)25(2)18(11)24-17)13-6-12-7-14(21)16(28-3)8-15(12)23-19(13)26/h4-8,10H,9H2,1-3H3,(H,22,24)(H,23,26)/t10-/m0/s1. The van der Waals surface area contributed by atoms with Gasteiger partial charge in [0.05, 0.1) is 23.7 Å². The number of H-pyrrole nitrogens is 1. The van der Waals surface area contributed by atoms with Crippen LogP contribution in [0, 0.1) is 0 Å². The van der Waals surface area contributed by atoms with Gasteiger partial charge in [0.25, 0.3) is 5.56 Å².